The van der Waals surface area contributed by atoms with Gasteiger partial charge in [-0.15, -0.1) is 0 Å². The van der Waals surface area contributed by atoms with Crippen LogP contribution in [0.2, 0.25) is 0 Å². The molecule has 1 aliphatic heterocycles. The summed E-state index contributed by atoms with van der Waals surface area (Å²) in [6.45, 7) is 8.80. The third-order valence-corrected chi connectivity index (χ3v) is 5.20. The molecule has 0 saturated heterocycles. The van der Waals surface area contributed by atoms with Gasteiger partial charge in [-0.05, 0) is 62.1 Å². The minimum Gasteiger partial charge on any atom is -0.490 e. The Morgan fingerprint density at radius 2 is 1.83 bits per heavy atom. The van der Waals surface area contributed by atoms with E-state index in [2.05, 4.69) is 5.32 Å². The van der Waals surface area contributed by atoms with E-state index >= 15 is 0 Å². The molecule has 0 bridgehead atoms. The average Bonchev–Trinajstić information content (AvgIpc) is 3.03. The molecule has 0 spiro atoms. The zero-order valence-corrected chi connectivity index (χ0v) is 17.6. The van der Waals surface area contributed by atoms with Crippen molar-refractivity contribution >= 4 is 16.9 Å². The van der Waals surface area contributed by atoms with Crippen molar-refractivity contribution in [2.45, 2.75) is 40.2 Å². The minimum absolute atomic E-state index is 0.0757. The van der Waals surface area contributed by atoms with E-state index in [1.807, 2.05) is 52.0 Å². The summed E-state index contributed by atoms with van der Waals surface area (Å²) in [6.07, 6.45) is 0.881. The fourth-order valence-electron chi connectivity index (χ4n) is 3.96. The Bertz CT molecular complexity index is 1190. The Balaban J connectivity index is 1.86. The van der Waals surface area contributed by atoms with E-state index in [9.17, 15) is 9.59 Å². The first-order valence-electron chi connectivity index (χ1n) is 10.2. The second-order valence-electron chi connectivity index (χ2n) is 7.52. The van der Waals surface area contributed by atoms with Crippen LogP contribution < -0.4 is 20.2 Å². The first-order valence-corrected chi connectivity index (χ1v) is 10.2. The van der Waals surface area contributed by atoms with Crippen LogP contribution in [0.5, 0.6) is 11.5 Å². The zero-order valence-electron chi connectivity index (χ0n) is 17.6. The Morgan fingerprint density at radius 3 is 2.57 bits per heavy atom. The highest BCUT2D eigenvalue weighted by Gasteiger charge is 2.36. The van der Waals surface area contributed by atoms with Crippen molar-refractivity contribution < 1.29 is 18.7 Å². The van der Waals surface area contributed by atoms with Gasteiger partial charge >= 0.3 is 0 Å². The largest absolute Gasteiger partial charge is 0.490 e. The Kier molecular flexibility index (Phi) is 5.24. The van der Waals surface area contributed by atoms with Crippen molar-refractivity contribution in [2.24, 2.45) is 0 Å². The molecule has 0 saturated carbocycles. The second kappa shape index (κ2) is 7.86. The van der Waals surface area contributed by atoms with Crippen molar-refractivity contribution in [2.75, 3.05) is 13.2 Å². The van der Waals surface area contributed by atoms with Crippen LogP contribution in [0, 0.1) is 13.8 Å². The van der Waals surface area contributed by atoms with E-state index in [0.717, 1.165) is 23.1 Å². The van der Waals surface area contributed by atoms with Crippen LogP contribution in [0.25, 0.3) is 11.0 Å². The predicted octanol–water partition coefficient (Wildman–Crippen LogP) is 4.43. The molecule has 0 fully saturated rings. The van der Waals surface area contributed by atoms with E-state index in [4.69, 9.17) is 13.9 Å². The Morgan fingerprint density at radius 1 is 1.03 bits per heavy atom. The minimum atomic E-state index is -0.603. The molecule has 1 aromatic heterocycles. The van der Waals surface area contributed by atoms with Crippen LogP contribution in [0.3, 0.4) is 0 Å². The molecule has 1 aliphatic rings. The van der Waals surface area contributed by atoms with Gasteiger partial charge in [-0.1, -0.05) is 19.1 Å². The number of rotatable bonds is 6. The lowest BCUT2D eigenvalue weighted by molar-refractivity contribution is 0.0937. The highest BCUT2D eigenvalue weighted by molar-refractivity contribution is 5.99. The van der Waals surface area contributed by atoms with E-state index in [1.165, 1.54) is 0 Å². The molecule has 6 nitrogen and oxygen atoms in total. The summed E-state index contributed by atoms with van der Waals surface area (Å²) in [4.78, 5) is 26.0. The van der Waals surface area contributed by atoms with Crippen molar-refractivity contribution in [3.63, 3.8) is 0 Å². The van der Waals surface area contributed by atoms with Crippen molar-refractivity contribution in [3.8, 4) is 11.5 Å². The number of carbonyl (C=O) groups excluding carboxylic acids is 1. The van der Waals surface area contributed by atoms with E-state index < -0.39 is 11.9 Å². The van der Waals surface area contributed by atoms with Crippen molar-refractivity contribution in [1.29, 1.82) is 0 Å². The predicted molar refractivity (Wildman–Crippen MR) is 115 cm³/mol. The molecule has 3 aromatic rings. The Hall–Kier alpha value is -3.28. The molecule has 1 atom stereocenters. The smallest absolute Gasteiger partial charge is 0.288 e. The van der Waals surface area contributed by atoms with Gasteiger partial charge in [-0.3, -0.25) is 9.59 Å². The number of carbonyl (C=O) groups is 1. The van der Waals surface area contributed by atoms with Gasteiger partial charge in [0.15, 0.2) is 16.9 Å². The first kappa shape index (κ1) is 20.0. The maximum Gasteiger partial charge on any atom is 0.288 e. The lowest BCUT2D eigenvalue weighted by Crippen LogP contribution is -2.22. The SMILES string of the molecule is CCCOc1ccc(C2NC(=O)c3oc4cc(C)cc(C)c4c(=O)c32)cc1OCC. The maximum atomic E-state index is 13.4. The third kappa shape index (κ3) is 3.32. The number of fused-ring (bicyclic) bond motifs is 2. The fourth-order valence-corrected chi connectivity index (χ4v) is 3.96. The lowest BCUT2D eigenvalue weighted by Gasteiger charge is -2.16. The van der Waals surface area contributed by atoms with Gasteiger partial charge in [-0.25, -0.2) is 0 Å². The summed E-state index contributed by atoms with van der Waals surface area (Å²) in [6, 6.07) is 8.61. The van der Waals surface area contributed by atoms with Crippen LogP contribution in [0.4, 0.5) is 0 Å². The van der Waals surface area contributed by atoms with Crippen LogP contribution >= 0.6 is 0 Å². The summed E-state index contributed by atoms with van der Waals surface area (Å²) in [5.74, 6) is 0.913. The molecule has 1 N–H and O–H groups in total. The van der Waals surface area contributed by atoms with E-state index in [1.54, 1.807) is 6.07 Å². The highest BCUT2D eigenvalue weighted by Crippen LogP contribution is 2.36. The molecule has 4 rings (SSSR count). The maximum absolute atomic E-state index is 13.4. The molecular weight excluding hydrogens is 382 g/mol. The third-order valence-electron chi connectivity index (χ3n) is 5.20. The fraction of sp³-hybridized carbons (Fsp3) is 0.333. The van der Waals surface area contributed by atoms with E-state index in [0.29, 0.717) is 41.2 Å². The second-order valence-corrected chi connectivity index (χ2v) is 7.52. The van der Waals surface area contributed by atoms with E-state index in [-0.39, 0.29) is 11.2 Å². The van der Waals surface area contributed by atoms with Crippen LogP contribution in [0.15, 0.2) is 39.5 Å². The molecule has 30 heavy (non-hydrogen) atoms. The molecular formula is C24H25NO5. The number of hydrogen-bond acceptors (Lipinski definition) is 5. The number of aryl methyl sites for hydroxylation is 2. The molecule has 1 amide bonds. The van der Waals surface area contributed by atoms with Crippen molar-refractivity contribution in [3.05, 3.63) is 68.6 Å². The van der Waals surface area contributed by atoms with Crippen LogP contribution in [-0.4, -0.2) is 19.1 Å². The molecule has 156 valence electrons. The number of amides is 1. The number of nitrogens with one attached hydrogen (secondary N) is 1. The summed E-state index contributed by atoms with van der Waals surface area (Å²) in [5, 5.41) is 3.40. The molecule has 0 aliphatic carbocycles. The molecule has 2 heterocycles. The highest BCUT2D eigenvalue weighted by atomic mass is 16.5. The van der Waals surface area contributed by atoms with Gasteiger partial charge in [-0.2, -0.15) is 0 Å². The summed E-state index contributed by atoms with van der Waals surface area (Å²) >= 11 is 0. The first-order chi connectivity index (χ1) is 14.4. The quantitative estimate of drug-likeness (QED) is 0.654. The number of benzene rings is 2. The molecule has 1 unspecified atom stereocenters. The number of ether oxygens (including phenoxy) is 2. The van der Waals surface area contributed by atoms with Gasteiger partial charge in [0.05, 0.1) is 30.2 Å². The summed E-state index contributed by atoms with van der Waals surface area (Å²) in [7, 11) is 0. The summed E-state index contributed by atoms with van der Waals surface area (Å²) < 4.78 is 17.4. The molecule has 2 aromatic carbocycles. The number of hydrogen-bond donors (Lipinski definition) is 1. The lowest BCUT2D eigenvalue weighted by atomic mass is 9.97. The van der Waals surface area contributed by atoms with Gasteiger partial charge in [0.1, 0.15) is 5.58 Å². The molecule has 0 radical (unpaired) electrons. The standard InChI is InChI=1S/C24H25NO5/c1-5-9-29-16-8-7-15(12-17(16)28-6-2)21-20-22(26)19-14(4)10-13(3)11-18(19)30-23(20)24(27)25-21/h7-8,10-12,21H,5-6,9H2,1-4H3,(H,25,27). The topological polar surface area (TPSA) is 77.8 Å². The Labute approximate surface area is 174 Å². The van der Waals surface area contributed by atoms with Gasteiger partial charge < -0.3 is 19.2 Å². The normalized spacial score (nSPS) is 15.2. The average molecular weight is 407 g/mol. The molecule has 6 heteroatoms. The van der Waals surface area contributed by atoms with Crippen LogP contribution in [0.1, 0.15) is 59.1 Å². The van der Waals surface area contributed by atoms with Gasteiger partial charge in [0.2, 0.25) is 5.76 Å². The van der Waals surface area contributed by atoms with Crippen LogP contribution in [-0.2, 0) is 0 Å². The summed E-state index contributed by atoms with van der Waals surface area (Å²) in [5.41, 5.74) is 3.14. The zero-order chi connectivity index (χ0) is 21.4. The monoisotopic (exact) mass is 407 g/mol. The van der Waals surface area contributed by atoms with Gasteiger partial charge in [0.25, 0.3) is 5.91 Å². The van der Waals surface area contributed by atoms with Gasteiger partial charge in [0, 0.05) is 0 Å². The van der Waals surface area contributed by atoms with Crippen molar-refractivity contribution in [1.82, 2.24) is 5.32 Å².